The molecule has 0 bridgehead atoms. The molecule has 3 heterocycles. The molecule has 2 N–H and O–H groups in total. The third-order valence-electron chi connectivity index (χ3n) is 8.38. The zero-order valence-corrected chi connectivity index (χ0v) is 27.2. The molecule has 0 saturated carbocycles. The predicted octanol–water partition coefficient (Wildman–Crippen LogP) is 7.47. The first kappa shape index (κ1) is 31.9. The van der Waals surface area contributed by atoms with E-state index in [9.17, 15) is 9.90 Å². The van der Waals surface area contributed by atoms with Crippen molar-refractivity contribution in [3.8, 4) is 11.1 Å². The predicted molar refractivity (Wildman–Crippen MR) is 183 cm³/mol. The smallest absolute Gasteiger partial charge is 0.271 e. The Morgan fingerprint density at radius 2 is 1.60 bits per heavy atom. The van der Waals surface area contributed by atoms with Gasteiger partial charge in [0, 0.05) is 18.5 Å². The molecule has 3 atom stereocenters. The van der Waals surface area contributed by atoms with Crippen LogP contribution in [-0.4, -0.2) is 36.6 Å². The third kappa shape index (κ3) is 6.96. The number of aliphatic hydroxyl groups excluding tert-OH is 1. The van der Waals surface area contributed by atoms with Gasteiger partial charge in [0.15, 0.2) is 11.4 Å². The monoisotopic (exact) mass is 679 g/mol. The van der Waals surface area contributed by atoms with E-state index in [0.717, 1.165) is 38.9 Å². The molecule has 6 aromatic rings. The number of nitrogens with one attached hydrogen (secondary N) is 1. The van der Waals surface area contributed by atoms with Gasteiger partial charge in [-0.25, -0.2) is 9.97 Å². The van der Waals surface area contributed by atoms with E-state index in [0.29, 0.717) is 30.2 Å². The molecule has 2 aromatic heterocycles. The lowest BCUT2D eigenvalue weighted by atomic mass is 9.97. The average molecular weight is 681 g/mol. The molecule has 0 aliphatic carbocycles. The van der Waals surface area contributed by atoms with E-state index in [1.54, 1.807) is 10.9 Å². The molecule has 1 saturated heterocycles. The molecule has 4 aromatic carbocycles. The maximum atomic E-state index is 13.0. The Labute approximate surface area is 287 Å². The molecule has 11 heteroatoms. The number of halogens is 2. The van der Waals surface area contributed by atoms with Crippen molar-refractivity contribution in [2.24, 2.45) is 0 Å². The van der Waals surface area contributed by atoms with Crippen molar-refractivity contribution in [3.63, 3.8) is 0 Å². The molecule has 242 valence electrons. The van der Waals surface area contributed by atoms with Gasteiger partial charge >= 0.3 is 0 Å². The van der Waals surface area contributed by atoms with Gasteiger partial charge in [-0.05, 0) is 39.9 Å². The molecule has 0 radical (unpaired) electrons. The van der Waals surface area contributed by atoms with Crippen molar-refractivity contribution >= 4 is 40.1 Å². The highest BCUT2D eigenvalue weighted by atomic mass is 35.5. The SMILES string of the molecule is O=C(NCc1ccccc1-c1ccc(C2OC(Cn3cnc(Cl)c3Cl)CC(c3ccc(CO)cc3)O2)cc1)c1cnc2ccccc2n1. The number of amides is 1. The van der Waals surface area contributed by atoms with Crippen molar-refractivity contribution in [3.05, 3.63) is 148 Å². The largest absolute Gasteiger partial charge is 0.392 e. The summed E-state index contributed by atoms with van der Waals surface area (Å²) in [6.45, 7) is 0.742. The first-order valence-electron chi connectivity index (χ1n) is 15.5. The molecule has 1 fully saturated rings. The van der Waals surface area contributed by atoms with Crippen LogP contribution in [0.15, 0.2) is 110 Å². The minimum atomic E-state index is -0.643. The van der Waals surface area contributed by atoms with E-state index in [-0.39, 0.29) is 35.6 Å². The summed E-state index contributed by atoms with van der Waals surface area (Å²) in [5.41, 5.74) is 7.28. The van der Waals surface area contributed by atoms with Crippen LogP contribution in [0.3, 0.4) is 0 Å². The van der Waals surface area contributed by atoms with Crippen molar-refractivity contribution in [2.75, 3.05) is 0 Å². The zero-order chi connectivity index (χ0) is 33.0. The minimum absolute atomic E-state index is 0.0267. The number of nitrogens with zero attached hydrogens (tertiary/aromatic N) is 4. The Bertz CT molecular complexity index is 2050. The number of aromatic nitrogens is 4. The Kier molecular flexibility index (Phi) is 9.47. The molecule has 1 aliphatic heterocycles. The fraction of sp³-hybridized carbons (Fsp3) is 0.189. The lowest BCUT2D eigenvalue weighted by Gasteiger charge is -2.36. The standard InChI is InChI=1S/C37H31Cl2N5O4/c38-34-35(39)44(22-42-34)20-28-17-33(25-11-9-23(21-45)10-12-25)48-37(47-28)26-15-13-24(14-16-26)29-6-2-1-5-27(29)18-41-36(46)32-19-40-30-7-3-4-8-31(30)43-32/h1-16,19,22,28,33,37,45H,17-18,20-21H2,(H,41,46). The minimum Gasteiger partial charge on any atom is -0.392 e. The van der Waals surface area contributed by atoms with Gasteiger partial charge in [0.05, 0.1) is 48.9 Å². The van der Waals surface area contributed by atoms with Crippen molar-refractivity contribution in [1.82, 2.24) is 24.8 Å². The second-order valence-electron chi connectivity index (χ2n) is 11.5. The van der Waals surface area contributed by atoms with Gasteiger partial charge in [0.1, 0.15) is 10.8 Å². The molecule has 9 nitrogen and oxygen atoms in total. The second kappa shape index (κ2) is 14.2. The van der Waals surface area contributed by atoms with E-state index in [4.69, 9.17) is 32.7 Å². The van der Waals surface area contributed by atoms with Crippen molar-refractivity contribution < 1.29 is 19.4 Å². The van der Waals surface area contributed by atoms with Gasteiger partial charge in [-0.2, -0.15) is 0 Å². The van der Waals surface area contributed by atoms with Gasteiger partial charge in [-0.1, -0.05) is 108 Å². The number of imidazole rings is 1. The lowest BCUT2D eigenvalue weighted by molar-refractivity contribution is -0.252. The Hall–Kier alpha value is -4.64. The molecular weight excluding hydrogens is 649 g/mol. The van der Waals surface area contributed by atoms with Crippen LogP contribution in [0.25, 0.3) is 22.2 Å². The van der Waals surface area contributed by atoms with Gasteiger partial charge in [0.25, 0.3) is 5.91 Å². The highest BCUT2D eigenvalue weighted by molar-refractivity contribution is 6.40. The van der Waals surface area contributed by atoms with E-state index in [2.05, 4.69) is 20.3 Å². The highest BCUT2D eigenvalue weighted by Crippen LogP contribution is 2.39. The number of hydrogen-bond donors (Lipinski definition) is 2. The van der Waals surface area contributed by atoms with Crippen LogP contribution >= 0.6 is 23.2 Å². The number of carbonyl (C=O) groups is 1. The van der Waals surface area contributed by atoms with Gasteiger partial charge in [-0.3, -0.25) is 9.78 Å². The molecule has 1 aliphatic rings. The number of carbonyl (C=O) groups excluding carboxylic acids is 1. The third-order valence-corrected chi connectivity index (χ3v) is 9.15. The lowest BCUT2D eigenvalue weighted by Crippen LogP contribution is -2.32. The summed E-state index contributed by atoms with van der Waals surface area (Å²) in [4.78, 5) is 25.9. The van der Waals surface area contributed by atoms with E-state index < -0.39 is 6.29 Å². The number of aliphatic hydroxyl groups is 1. The van der Waals surface area contributed by atoms with E-state index >= 15 is 0 Å². The van der Waals surface area contributed by atoms with Gasteiger partial charge in [0.2, 0.25) is 0 Å². The van der Waals surface area contributed by atoms with Crippen molar-refractivity contribution in [2.45, 2.75) is 44.6 Å². The Morgan fingerprint density at radius 1 is 0.875 bits per heavy atom. The highest BCUT2D eigenvalue weighted by Gasteiger charge is 2.33. The van der Waals surface area contributed by atoms with Gasteiger partial charge in [-0.15, -0.1) is 0 Å². The first-order valence-corrected chi connectivity index (χ1v) is 16.3. The number of rotatable bonds is 9. The van der Waals surface area contributed by atoms with Crippen LogP contribution in [0.1, 0.15) is 51.6 Å². The Morgan fingerprint density at radius 3 is 2.35 bits per heavy atom. The van der Waals surface area contributed by atoms with Crippen LogP contribution in [-0.2, 0) is 29.2 Å². The maximum absolute atomic E-state index is 13.0. The number of benzene rings is 4. The fourth-order valence-corrected chi connectivity index (χ4v) is 6.14. The number of hydrogen-bond acceptors (Lipinski definition) is 7. The van der Waals surface area contributed by atoms with Crippen LogP contribution in [0.2, 0.25) is 10.3 Å². The van der Waals surface area contributed by atoms with E-state index in [1.165, 1.54) is 6.20 Å². The summed E-state index contributed by atoms with van der Waals surface area (Å²) in [7, 11) is 0. The van der Waals surface area contributed by atoms with Crippen LogP contribution < -0.4 is 5.32 Å². The van der Waals surface area contributed by atoms with Crippen molar-refractivity contribution in [1.29, 1.82) is 0 Å². The van der Waals surface area contributed by atoms with Crippen LogP contribution in [0.4, 0.5) is 0 Å². The quantitative estimate of drug-likeness (QED) is 0.163. The molecule has 0 spiro atoms. The van der Waals surface area contributed by atoms with Gasteiger partial charge < -0.3 is 24.5 Å². The summed E-state index contributed by atoms with van der Waals surface area (Å²) in [5, 5.41) is 13.1. The normalized spacial score (nSPS) is 17.8. The summed E-state index contributed by atoms with van der Waals surface area (Å²) in [6, 6.07) is 31.2. The molecule has 3 unspecified atom stereocenters. The molecule has 48 heavy (non-hydrogen) atoms. The average Bonchev–Trinajstić information content (AvgIpc) is 3.45. The summed E-state index contributed by atoms with van der Waals surface area (Å²) < 4.78 is 14.8. The number of para-hydroxylation sites is 2. The summed E-state index contributed by atoms with van der Waals surface area (Å²) in [6.07, 6.45) is 2.55. The summed E-state index contributed by atoms with van der Waals surface area (Å²) in [5.74, 6) is -0.292. The summed E-state index contributed by atoms with van der Waals surface area (Å²) >= 11 is 12.5. The zero-order valence-electron chi connectivity index (χ0n) is 25.7. The maximum Gasteiger partial charge on any atom is 0.271 e. The first-order chi connectivity index (χ1) is 23.4. The fourth-order valence-electron chi connectivity index (χ4n) is 5.83. The topological polar surface area (TPSA) is 111 Å². The molecule has 7 rings (SSSR count). The van der Waals surface area contributed by atoms with Crippen LogP contribution in [0.5, 0.6) is 0 Å². The molecule has 1 amide bonds. The van der Waals surface area contributed by atoms with Crippen LogP contribution in [0, 0.1) is 0 Å². The van der Waals surface area contributed by atoms with E-state index in [1.807, 2.05) is 97.1 Å². The number of ether oxygens (including phenoxy) is 2. The molecular formula is C37H31Cl2N5O4. The number of fused-ring (bicyclic) bond motifs is 1. The Balaban J connectivity index is 1.09. The second-order valence-corrected chi connectivity index (χ2v) is 12.3.